The van der Waals surface area contributed by atoms with E-state index in [0.717, 1.165) is 19.9 Å². The quantitative estimate of drug-likeness (QED) is 0.609. The fourth-order valence-electron chi connectivity index (χ4n) is 2.88. The number of nitrogens with one attached hydrogen (secondary N) is 1. The third kappa shape index (κ3) is 5.90. The molecule has 0 radical (unpaired) electrons. The first-order chi connectivity index (χ1) is 14.1. The van der Waals surface area contributed by atoms with Gasteiger partial charge in [-0.05, 0) is 43.7 Å². The Bertz CT molecular complexity index is 1010. The number of sulfonamides is 1. The highest BCUT2D eigenvalue weighted by molar-refractivity contribution is 9.10. The number of halogens is 1. The molecule has 0 spiro atoms. The van der Waals surface area contributed by atoms with Crippen LogP contribution in [0.2, 0.25) is 0 Å². The number of rotatable bonds is 8. The maximum Gasteiger partial charge on any atom is 0.243 e. The zero-order chi connectivity index (χ0) is 22.5. The van der Waals surface area contributed by atoms with Crippen LogP contribution in [0.3, 0.4) is 0 Å². The fourth-order valence-corrected chi connectivity index (χ4v) is 4.45. The van der Waals surface area contributed by atoms with Crippen LogP contribution in [0.25, 0.3) is 0 Å². The van der Waals surface area contributed by atoms with Gasteiger partial charge < -0.3 is 10.2 Å². The number of carbonyl (C=O) groups is 2. The Morgan fingerprint density at radius 2 is 1.77 bits per heavy atom. The van der Waals surface area contributed by atoms with Gasteiger partial charge in [-0.15, -0.1) is 0 Å². The Hall–Kier alpha value is -2.23. The minimum absolute atomic E-state index is 0.112. The van der Waals surface area contributed by atoms with Gasteiger partial charge in [0.15, 0.2) is 0 Å². The van der Waals surface area contributed by atoms with Gasteiger partial charge in [0.05, 0.1) is 11.4 Å². The normalized spacial score (nSPS) is 12.5. The van der Waals surface area contributed by atoms with E-state index in [-0.39, 0.29) is 23.9 Å². The predicted octanol–water partition coefficient (Wildman–Crippen LogP) is 2.54. The zero-order valence-corrected chi connectivity index (χ0v) is 19.8. The van der Waals surface area contributed by atoms with E-state index in [0.29, 0.717) is 0 Å². The summed E-state index contributed by atoms with van der Waals surface area (Å²) in [5.74, 6) is -0.799. The highest BCUT2D eigenvalue weighted by Gasteiger charge is 2.29. The highest BCUT2D eigenvalue weighted by atomic mass is 79.9. The van der Waals surface area contributed by atoms with Gasteiger partial charge in [0, 0.05) is 25.1 Å². The van der Waals surface area contributed by atoms with Crippen molar-refractivity contribution >= 4 is 37.8 Å². The van der Waals surface area contributed by atoms with Crippen molar-refractivity contribution in [3.8, 4) is 0 Å². The van der Waals surface area contributed by atoms with Crippen LogP contribution >= 0.6 is 15.9 Å². The molecule has 0 heterocycles. The van der Waals surface area contributed by atoms with E-state index < -0.39 is 22.0 Å². The Morgan fingerprint density at radius 3 is 2.33 bits per heavy atom. The lowest BCUT2D eigenvalue weighted by molar-refractivity contribution is -0.140. The maximum atomic E-state index is 13.1. The Morgan fingerprint density at radius 1 is 1.13 bits per heavy atom. The number of hydrogen-bond acceptors (Lipinski definition) is 4. The second kappa shape index (κ2) is 10.2. The molecule has 0 saturated carbocycles. The van der Waals surface area contributed by atoms with Crippen LogP contribution in [0.1, 0.15) is 18.1 Å². The van der Waals surface area contributed by atoms with Gasteiger partial charge in [0.2, 0.25) is 21.8 Å². The lowest BCUT2D eigenvalue weighted by Crippen LogP contribution is -2.50. The van der Waals surface area contributed by atoms with Gasteiger partial charge in [0.25, 0.3) is 0 Å². The molecular weight excluding hydrogens is 470 g/mol. The summed E-state index contributed by atoms with van der Waals surface area (Å²) in [5.41, 5.74) is 1.75. The van der Waals surface area contributed by atoms with Crippen LogP contribution < -0.4 is 5.32 Å². The third-order valence-electron chi connectivity index (χ3n) is 4.74. The highest BCUT2D eigenvalue weighted by Crippen LogP contribution is 2.18. The van der Waals surface area contributed by atoms with Crippen LogP contribution in [0, 0.1) is 6.92 Å². The minimum atomic E-state index is -3.84. The van der Waals surface area contributed by atoms with Crippen molar-refractivity contribution in [2.75, 3.05) is 20.6 Å². The first kappa shape index (κ1) is 24.0. The lowest BCUT2D eigenvalue weighted by atomic mass is 10.1. The molecule has 2 amide bonds. The molecule has 1 atom stereocenters. The molecule has 162 valence electrons. The molecule has 2 aromatic carbocycles. The Balaban J connectivity index is 2.26. The van der Waals surface area contributed by atoms with E-state index in [2.05, 4.69) is 21.2 Å². The molecule has 2 rings (SSSR count). The molecule has 9 heteroatoms. The predicted molar refractivity (Wildman–Crippen MR) is 119 cm³/mol. The minimum Gasteiger partial charge on any atom is -0.357 e. The summed E-state index contributed by atoms with van der Waals surface area (Å²) in [6.45, 7) is 3.27. The van der Waals surface area contributed by atoms with Crippen molar-refractivity contribution < 1.29 is 18.0 Å². The molecule has 0 bridgehead atoms. The number of nitrogens with zero attached hydrogens (tertiary/aromatic N) is 2. The van der Waals surface area contributed by atoms with E-state index in [1.807, 2.05) is 31.2 Å². The van der Waals surface area contributed by atoms with Gasteiger partial charge in [-0.1, -0.05) is 45.8 Å². The SMILES string of the molecule is CNC(=O)[C@H](C)N(Cc1cccc(Br)c1)C(=O)CN(C)S(=O)(=O)c1ccc(C)cc1. The van der Waals surface area contributed by atoms with Gasteiger partial charge in [-0.2, -0.15) is 4.31 Å². The third-order valence-corrected chi connectivity index (χ3v) is 7.05. The van der Waals surface area contributed by atoms with Crippen LogP contribution in [0.5, 0.6) is 0 Å². The number of hydrogen-bond donors (Lipinski definition) is 1. The van der Waals surface area contributed by atoms with Crippen molar-refractivity contribution in [1.82, 2.24) is 14.5 Å². The largest absolute Gasteiger partial charge is 0.357 e. The molecule has 0 aliphatic carbocycles. The Kier molecular flexibility index (Phi) is 8.17. The average Bonchev–Trinajstić information content (AvgIpc) is 2.71. The molecule has 30 heavy (non-hydrogen) atoms. The molecule has 0 aliphatic heterocycles. The van der Waals surface area contributed by atoms with Crippen molar-refractivity contribution in [2.45, 2.75) is 31.3 Å². The first-order valence-corrected chi connectivity index (χ1v) is 11.6. The number of likely N-dealkylation sites (N-methyl/N-ethyl adjacent to an activating group) is 2. The van der Waals surface area contributed by atoms with Crippen molar-refractivity contribution in [3.05, 3.63) is 64.1 Å². The summed E-state index contributed by atoms with van der Waals surface area (Å²) in [4.78, 5) is 26.8. The van der Waals surface area contributed by atoms with Crippen LogP contribution in [0.4, 0.5) is 0 Å². The van der Waals surface area contributed by atoms with Crippen molar-refractivity contribution in [1.29, 1.82) is 0 Å². The fraction of sp³-hybridized carbons (Fsp3) is 0.333. The summed E-state index contributed by atoms with van der Waals surface area (Å²) in [6.07, 6.45) is 0. The first-order valence-electron chi connectivity index (χ1n) is 9.34. The molecule has 0 aliphatic rings. The number of aryl methyl sites for hydroxylation is 1. The summed E-state index contributed by atoms with van der Waals surface area (Å²) in [7, 11) is -0.987. The van der Waals surface area contributed by atoms with E-state index in [1.165, 1.54) is 31.1 Å². The van der Waals surface area contributed by atoms with E-state index in [9.17, 15) is 18.0 Å². The zero-order valence-electron chi connectivity index (χ0n) is 17.4. The van der Waals surface area contributed by atoms with Gasteiger partial charge in [-0.25, -0.2) is 8.42 Å². The Labute approximate surface area is 186 Å². The van der Waals surface area contributed by atoms with Crippen LogP contribution in [0.15, 0.2) is 57.9 Å². The second-order valence-corrected chi connectivity index (χ2v) is 9.98. The summed E-state index contributed by atoms with van der Waals surface area (Å²) in [6, 6.07) is 13.1. The molecule has 0 unspecified atom stereocenters. The average molecular weight is 496 g/mol. The second-order valence-electron chi connectivity index (χ2n) is 7.02. The van der Waals surface area contributed by atoms with Crippen molar-refractivity contribution in [2.24, 2.45) is 0 Å². The number of amides is 2. The molecular formula is C21H26BrN3O4S. The lowest BCUT2D eigenvalue weighted by Gasteiger charge is -2.30. The molecule has 0 fully saturated rings. The molecule has 7 nitrogen and oxygen atoms in total. The van der Waals surface area contributed by atoms with Gasteiger partial charge in [0.1, 0.15) is 6.04 Å². The van der Waals surface area contributed by atoms with Crippen molar-refractivity contribution in [3.63, 3.8) is 0 Å². The van der Waals surface area contributed by atoms with Crippen LogP contribution in [-0.4, -0.2) is 56.1 Å². The van der Waals surface area contributed by atoms with E-state index >= 15 is 0 Å². The molecule has 2 aromatic rings. The van der Waals surface area contributed by atoms with Crippen LogP contribution in [-0.2, 0) is 26.2 Å². The molecule has 1 N–H and O–H groups in total. The summed E-state index contributed by atoms with van der Waals surface area (Å²) < 4.78 is 27.5. The monoisotopic (exact) mass is 495 g/mol. The topological polar surface area (TPSA) is 86.8 Å². The van der Waals surface area contributed by atoms with E-state index in [4.69, 9.17) is 0 Å². The van der Waals surface area contributed by atoms with Gasteiger partial charge >= 0.3 is 0 Å². The van der Waals surface area contributed by atoms with Gasteiger partial charge in [-0.3, -0.25) is 9.59 Å². The number of carbonyl (C=O) groups excluding carboxylic acids is 2. The maximum absolute atomic E-state index is 13.1. The summed E-state index contributed by atoms with van der Waals surface area (Å²) >= 11 is 3.40. The number of benzene rings is 2. The summed E-state index contributed by atoms with van der Waals surface area (Å²) in [5, 5.41) is 2.54. The smallest absolute Gasteiger partial charge is 0.243 e. The molecule has 0 saturated heterocycles. The molecule has 0 aromatic heterocycles. The standard InChI is InChI=1S/C21H26BrN3O4S/c1-15-8-10-19(11-9-15)30(28,29)24(4)14-20(26)25(16(2)21(27)23-3)13-17-6-5-7-18(22)12-17/h5-12,16H,13-14H2,1-4H3,(H,23,27)/t16-/m0/s1. The van der Waals surface area contributed by atoms with E-state index in [1.54, 1.807) is 19.1 Å².